The Bertz CT molecular complexity index is 4480. The molecule has 3 unspecified atom stereocenters. The fourth-order valence-corrected chi connectivity index (χ4v) is 13.8. The van der Waals surface area contributed by atoms with E-state index in [2.05, 4.69) is 5.32 Å². The van der Waals surface area contributed by atoms with Crippen molar-refractivity contribution in [1.82, 2.24) is 5.32 Å². The average molecular weight is 1520 g/mol. The van der Waals surface area contributed by atoms with E-state index in [-0.39, 0.29) is 105 Å². The van der Waals surface area contributed by atoms with E-state index in [9.17, 15) is 54.1 Å². The zero-order valence-corrected chi connectivity index (χ0v) is 61.7. The van der Waals surface area contributed by atoms with Crippen LogP contribution in [0.3, 0.4) is 0 Å². The van der Waals surface area contributed by atoms with E-state index in [1.54, 1.807) is 127 Å². The van der Waals surface area contributed by atoms with Gasteiger partial charge >= 0.3 is 0 Å². The van der Waals surface area contributed by atoms with Crippen LogP contribution in [0.2, 0.25) is 0 Å². The fraction of sp³-hybridized carbons (Fsp3) is 0.226. The van der Waals surface area contributed by atoms with Gasteiger partial charge in [0, 0.05) is 47.6 Å². The Labute approximate surface area is 644 Å². The Morgan fingerprint density at radius 1 is 0.288 bits per heavy atom. The number of aromatic hydroxyl groups is 2. The molecule has 13 rings (SSSR count). The minimum Gasteiger partial charge on any atom is -0.508 e. The van der Waals surface area contributed by atoms with Crippen molar-refractivity contribution in [2.24, 2.45) is 34.6 Å². The summed E-state index contributed by atoms with van der Waals surface area (Å²) in [7, 11) is 0. The molecule has 0 aliphatic carbocycles. The molecule has 12 aromatic carbocycles. The third kappa shape index (κ3) is 27.4. The van der Waals surface area contributed by atoms with E-state index in [1.165, 1.54) is 109 Å². The number of phenols is 2. The summed E-state index contributed by atoms with van der Waals surface area (Å²) in [5.41, 5.74) is 39.0. The Balaban J connectivity index is 0.000000167. The Morgan fingerprint density at radius 3 is 0.919 bits per heavy atom. The average Bonchev–Trinajstić information content (AvgIpc) is 1.80. The molecule has 1 saturated heterocycles. The molecular weight excluding hydrogens is 1420 g/mol. The van der Waals surface area contributed by atoms with Gasteiger partial charge in [0.25, 0.3) is 0 Å². The van der Waals surface area contributed by atoms with E-state index >= 15 is 0 Å². The Morgan fingerprint density at radius 2 is 0.595 bits per heavy atom. The van der Waals surface area contributed by atoms with Gasteiger partial charge in [-0.25, -0.2) is 43.9 Å². The smallest absolute Gasteiger partial charge is 0.123 e. The molecule has 1 aliphatic heterocycles. The van der Waals surface area contributed by atoms with Gasteiger partial charge in [0.1, 0.15) is 69.7 Å². The van der Waals surface area contributed by atoms with Crippen molar-refractivity contribution in [3.8, 4) is 11.5 Å². The Kier molecular flexibility index (Phi) is 35.2. The van der Waals surface area contributed by atoms with Crippen molar-refractivity contribution in [2.75, 3.05) is 45.8 Å². The van der Waals surface area contributed by atoms with Gasteiger partial charge in [0.05, 0.1) is 0 Å². The van der Waals surface area contributed by atoms with Crippen LogP contribution in [0.5, 0.6) is 11.5 Å². The summed E-state index contributed by atoms with van der Waals surface area (Å²) in [4.78, 5) is 0. The molecule has 0 bridgehead atoms. The monoisotopic (exact) mass is 1520 g/mol. The van der Waals surface area contributed by atoms with Gasteiger partial charge < -0.3 is 44.2 Å². The third-order valence-corrected chi connectivity index (χ3v) is 19.2. The molecule has 18 heteroatoms. The first-order valence-corrected chi connectivity index (χ1v) is 37.1. The van der Waals surface area contributed by atoms with Gasteiger partial charge in [-0.15, -0.1) is 0 Å². The number of phenolic OH excluding ortho intramolecular Hbond substituents is 2. The van der Waals surface area contributed by atoms with Gasteiger partial charge in [-0.3, -0.25) is 0 Å². The van der Waals surface area contributed by atoms with Crippen molar-refractivity contribution in [2.45, 2.75) is 80.5 Å². The van der Waals surface area contributed by atoms with Crippen molar-refractivity contribution >= 4 is 0 Å². The molecule has 1 fully saturated rings. The molecule has 1 aliphatic rings. The second-order valence-corrected chi connectivity index (χ2v) is 26.9. The van der Waals surface area contributed by atoms with Crippen molar-refractivity contribution < 1.29 is 54.1 Å². The zero-order valence-electron chi connectivity index (χ0n) is 61.7. The fourth-order valence-electron chi connectivity index (χ4n) is 13.8. The van der Waals surface area contributed by atoms with Gasteiger partial charge in [0.15, 0.2) is 0 Å². The number of nitrogens with one attached hydrogen (secondary N) is 1. The molecule has 8 nitrogen and oxygen atoms in total. The maximum atomic E-state index is 13.5. The van der Waals surface area contributed by atoms with Crippen LogP contribution < -0.4 is 34.0 Å². The minimum absolute atomic E-state index is 0.0119. The molecule has 0 spiro atoms. The highest BCUT2D eigenvalue weighted by Gasteiger charge is 2.29. The number of nitrogens with two attached hydrogens (primary N) is 5. The lowest BCUT2D eigenvalue weighted by Gasteiger charge is -2.24. The van der Waals surface area contributed by atoms with Crippen LogP contribution in [-0.2, 0) is 0 Å². The number of rotatable bonds is 24. The summed E-state index contributed by atoms with van der Waals surface area (Å²) in [6.07, 6.45) is 5.75. The molecule has 3 atom stereocenters. The van der Waals surface area contributed by atoms with Crippen LogP contribution in [-0.4, -0.2) is 56.0 Å². The molecule has 0 amide bonds. The highest BCUT2D eigenvalue weighted by molar-refractivity contribution is 5.43. The molecule has 0 aromatic heterocycles. The number of para-hydroxylation sites is 1. The normalized spacial score (nSPS) is 12.8. The van der Waals surface area contributed by atoms with Crippen molar-refractivity contribution in [1.29, 1.82) is 0 Å². The summed E-state index contributed by atoms with van der Waals surface area (Å²) < 4.78 is 132. The molecule has 111 heavy (non-hydrogen) atoms. The molecule has 1 heterocycles. The van der Waals surface area contributed by atoms with Gasteiger partial charge in [-0.1, -0.05) is 152 Å². The van der Waals surface area contributed by atoms with Crippen LogP contribution in [0.1, 0.15) is 147 Å². The lowest BCUT2D eigenvalue weighted by molar-refractivity contribution is 0.463. The summed E-state index contributed by atoms with van der Waals surface area (Å²) >= 11 is 0. The summed E-state index contributed by atoms with van der Waals surface area (Å²) in [5.74, 6) is -1.74. The topological polar surface area (TPSA) is 183 Å². The van der Waals surface area contributed by atoms with Crippen LogP contribution in [0.4, 0.5) is 43.9 Å². The molecular formula is C93H96F10N6O2. The first kappa shape index (κ1) is 85.9. The number of hydrogen-bond acceptors (Lipinski definition) is 8. The SMILES string of the molecule is Fc1cccc(C(c2cccc(F)c2)C2CCNC2)c1.NCC(c1ccc(F)cc1)c1ccc(F)cc1.NCCC(c1cccc(F)c1)c1ccccc1O.NCCC(c1cccc(O)c1)c1cccc(F)c1.NCCCC(c1ccc(F)cc1)c1ccc(F)cc1.NCCCC(c1cccc(F)c1)c1cccc(F)c1. The van der Waals surface area contributed by atoms with E-state index < -0.39 is 0 Å². The number of halogens is 10. The Hall–Kier alpha value is -10.7. The lowest BCUT2D eigenvalue weighted by Crippen LogP contribution is -2.18. The molecule has 12 aromatic rings. The zero-order chi connectivity index (χ0) is 79.4. The standard InChI is InChI=1S/C17H17F2N.2C16H17F2N.2C15H16FNO.C14H13F2N/c18-15-5-1-3-12(9-15)17(14-7-8-20-11-14)13-4-2-6-16(19)10-13;17-14-6-1-4-12(10-14)16(8-3-9-19)13-5-2-7-15(18)11-13;17-14-7-3-12(4-8-14)16(2-1-11-19)13-5-9-15(18)10-6-13;16-13-5-1-3-11(9-13)15(7-8-17)12-4-2-6-14(18)10-12;16-12-5-3-4-11(10-12)13(8-9-17)14-6-1-2-7-15(14)18;15-12-5-1-10(2-6-12)14(9-17)11-3-7-13(16)8-4-11/h1-6,9-10,14,17,20H,7-8,11H2;1-2,4-7,10-11,16H,3,8-9,19H2;3-10,16H,1-2,11,19H2;1-6,9-10,15,18H,7-8,17H2;1-7,10,13,18H,8-9,17H2;1-8,14H,9,17H2. The van der Waals surface area contributed by atoms with Crippen LogP contribution >= 0.6 is 0 Å². The maximum Gasteiger partial charge on any atom is 0.123 e. The van der Waals surface area contributed by atoms with Gasteiger partial charge in [0.2, 0.25) is 0 Å². The van der Waals surface area contributed by atoms with Crippen LogP contribution in [0.15, 0.2) is 291 Å². The molecule has 580 valence electrons. The largest absolute Gasteiger partial charge is 0.508 e. The number of hydrogen-bond donors (Lipinski definition) is 8. The highest BCUT2D eigenvalue weighted by Crippen LogP contribution is 2.38. The summed E-state index contributed by atoms with van der Waals surface area (Å²) in [6, 6.07) is 78.7. The van der Waals surface area contributed by atoms with E-state index in [0.29, 0.717) is 51.5 Å². The predicted octanol–water partition coefficient (Wildman–Crippen LogP) is 20.5. The first-order valence-electron chi connectivity index (χ1n) is 37.1. The second-order valence-electron chi connectivity index (χ2n) is 26.9. The van der Waals surface area contributed by atoms with E-state index in [0.717, 1.165) is 112 Å². The quantitative estimate of drug-likeness (QED) is 0.0275. The maximum absolute atomic E-state index is 13.5. The van der Waals surface area contributed by atoms with Gasteiger partial charge in [-0.2, -0.15) is 0 Å². The highest BCUT2D eigenvalue weighted by atomic mass is 19.2. The summed E-state index contributed by atoms with van der Waals surface area (Å²) in [5, 5.41) is 22.8. The van der Waals surface area contributed by atoms with Crippen LogP contribution in [0, 0.1) is 64.1 Å². The van der Waals surface area contributed by atoms with E-state index in [1.807, 2.05) is 54.6 Å². The second kappa shape index (κ2) is 45.4. The molecule has 13 N–H and O–H groups in total. The molecule has 0 saturated carbocycles. The summed E-state index contributed by atoms with van der Waals surface area (Å²) in [6.45, 7) is 4.42. The van der Waals surface area contributed by atoms with E-state index in [4.69, 9.17) is 28.7 Å². The molecule has 0 radical (unpaired) electrons. The predicted molar refractivity (Wildman–Crippen MR) is 425 cm³/mol. The first-order chi connectivity index (χ1) is 53.8. The van der Waals surface area contributed by atoms with Gasteiger partial charge in [-0.05, 0) is 291 Å². The lowest BCUT2D eigenvalue weighted by atomic mass is 9.80. The number of benzene rings is 12. The van der Waals surface area contributed by atoms with Crippen molar-refractivity contribution in [3.05, 3.63) is 416 Å². The van der Waals surface area contributed by atoms with Crippen molar-refractivity contribution in [3.63, 3.8) is 0 Å². The minimum atomic E-state index is -0.274. The van der Waals surface area contributed by atoms with Crippen LogP contribution in [0.25, 0.3) is 0 Å². The third-order valence-electron chi connectivity index (χ3n) is 19.2.